The molecular weight excluding hydrogens is 699 g/mol. The molecule has 1 aliphatic carbocycles. The van der Waals surface area contributed by atoms with Crippen molar-refractivity contribution >= 4 is 38.5 Å². The fraction of sp³-hybridized carbons (Fsp3) is 0.0175. The van der Waals surface area contributed by atoms with E-state index in [9.17, 15) is 0 Å². The van der Waals surface area contributed by atoms with Gasteiger partial charge in [0.25, 0.3) is 0 Å². The molecule has 0 unspecified atom stereocenters. The molecule has 9 aromatic carbocycles. The fourth-order valence-corrected chi connectivity index (χ4v) is 8.27. The molecule has 0 amide bonds. The molecule has 10 rings (SSSR count). The van der Waals surface area contributed by atoms with E-state index in [2.05, 4.69) is 242 Å². The van der Waals surface area contributed by atoms with Gasteiger partial charge in [0.2, 0.25) is 0 Å². The molecule has 0 saturated carbocycles. The Kier molecular flexibility index (Phi) is 9.39. The first kappa shape index (κ1) is 35.0. The van der Waals surface area contributed by atoms with E-state index in [0.717, 1.165) is 17.8 Å². The Bertz CT molecular complexity index is 2980. The van der Waals surface area contributed by atoms with Crippen molar-refractivity contribution in [1.82, 2.24) is 0 Å². The predicted molar refractivity (Wildman–Crippen MR) is 248 cm³/mol. The summed E-state index contributed by atoms with van der Waals surface area (Å²) in [6, 6.07) is 77.0. The number of anilines is 2. The van der Waals surface area contributed by atoms with Gasteiger partial charge in [-0.3, -0.25) is 0 Å². The van der Waals surface area contributed by atoms with Crippen LogP contribution in [0.2, 0.25) is 0 Å². The SMILES string of the molecule is C1=CCC(N(c2ccc(-c3ccc(-c4ccc5ccccc5c4)cc3)cc2)c2ccc(-c3cccc(-c4ccccc4)c3)cc2)=CC(c2cccc3ccccc23)=C1. The van der Waals surface area contributed by atoms with Crippen LogP contribution in [0.3, 0.4) is 0 Å². The van der Waals surface area contributed by atoms with Gasteiger partial charge in [0.05, 0.1) is 0 Å². The van der Waals surface area contributed by atoms with Gasteiger partial charge in [-0.2, -0.15) is 0 Å². The average molecular weight is 740 g/mol. The van der Waals surface area contributed by atoms with Gasteiger partial charge in [-0.15, -0.1) is 0 Å². The van der Waals surface area contributed by atoms with Crippen LogP contribution in [0.5, 0.6) is 0 Å². The van der Waals surface area contributed by atoms with E-state index in [1.54, 1.807) is 0 Å². The number of fused-ring (bicyclic) bond motifs is 2. The number of rotatable bonds is 8. The normalized spacial score (nSPS) is 12.6. The van der Waals surface area contributed by atoms with E-state index >= 15 is 0 Å². The summed E-state index contributed by atoms with van der Waals surface area (Å²) in [5.41, 5.74) is 15.5. The quantitative estimate of drug-likeness (QED) is 0.150. The van der Waals surface area contributed by atoms with Gasteiger partial charge in [-0.1, -0.05) is 194 Å². The van der Waals surface area contributed by atoms with E-state index in [-0.39, 0.29) is 0 Å². The lowest BCUT2D eigenvalue weighted by molar-refractivity contribution is 1.08. The third-order valence-electron chi connectivity index (χ3n) is 11.3. The smallest absolute Gasteiger partial charge is 0.0458 e. The molecular formula is C57H41N. The van der Waals surface area contributed by atoms with Crippen molar-refractivity contribution in [3.8, 4) is 44.5 Å². The van der Waals surface area contributed by atoms with Gasteiger partial charge in [0.15, 0.2) is 0 Å². The number of benzene rings is 9. The van der Waals surface area contributed by atoms with E-state index in [4.69, 9.17) is 0 Å². The van der Waals surface area contributed by atoms with Crippen molar-refractivity contribution < 1.29 is 0 Å². The maximum atomic E-state index is 2.42. The van der Waals surface area contributed by atoms with Crippen molar-refractivity contribution in [1.29, 1.82) is 0 Å². The van der Waals surface area contributed by atoms with E-state index in [1.807, 2.05) is 0 Å². The first-order chi connectivity index (χ1) is 28.7. The lowest BCUT2D eigenvalue weighted by Crippen LogP contribution is -2.16. The minimum atomic E-state index is 0.795. The predicted octanol–water partition coefficient (Wildman–Crippen LogP) is 15.7. The average Bonchev–Trinajstić information content (AvgIpc) is 3.56. The molecule has 274 valence electrons. The third-order valence-corrected chi connectivity index (χ3v) is 11.3. The van der Waals surface area contributed by atoms with E-state index < -0.39 is 0 Å². The second-order valence-corrected chi connectivity index (χ2v) is 14.9. The molecule has 1 heteroatoms. The largest absolute Gasteiger partial charge is 0.314 e. The lowest BCUT2D eigenvalue weighted by atomic mass is 9.96. The van der Waals surface area contributed by atoms with E-state index in [0.29, 0.717) is 0 Å². The molecule has 1 aliphatic rings. The Morgan fingerprint density at radius 3 is 1.52 bits per heavy atom. The fourth-order valence-electron chi connectivity index (χ4n) is 8.27. The number of hydrogen-bond acceptors (Lipinski definition) is 1. The Morgan fingerprint density at radius 2 is 0.828 bits per heavy atom. The molecule has 0 bridgehead atoms. The molecule has 0 heterocycles. The van der Waals surface area contributed by atoms with Crippen molar-refractivity contribution in [2.24, 2.45) is 0 Å². The van der Waals surface area contributed by atoms with Crippen molar-refractivity contribution in [2.45, 2.75) is 6.42 Å². The topological polar surface area (TPSA) is 3.24 Å². The molecule has 0 atom stereocenters. The van der Waals surface area contributed by atoms with Crippen LogP contribution in [-0.2, 0) is 0 Å². The highest BCUT2D eigenvalue weighted by Crippen LogP contribution is 2.38. The first-order valence-electron chi connectivity index (χ1n) is 20.0. The van der Waals surface area contributed by atoms with Crippen LogP contribution in [-0.4, -0.2) is 0 Å². The molecule has 0 aromatic heterocycles. The Morgan fingerprint density at radius 1 is 0.345 bits per heavy atom. The zero-order chi connectivity index (χ0) is 38.7. The summed E-state index contributed by atoms with van der Waals surface area (Å²) >= 11 is 0. The zero-order valence-electron chi connectivity index (χ0n) is 32.2. The van der Waals surface area contributed by atoms with Crippen LogP contribution < -0.4 is 4.90 Å². The Hall–Kier alpha value is -7.48. The summed E-state index contributed by atoms with van der Waals surface area (Å²) in [4.78, 5) is 2.42. The van der Waals surface area contributed by atoms with Gasteiger partial charge in [-0.05, 0) is 120 Å². The Labute approximate surface area is 340 Å². The molecule has 0 fully saturated rings. The number of nitrogens with zero attached hydrogens (tertiary/aromatic N) is 1. The highest BCUT2D eigenvalue weighted by atomic mass is 15.1. The lowest BCUT2D eigenvalue weighted by Gasteiger charge is -2.28. The zero-order valence-corrected chi connectivity index (χ0v) is 32.2. The van der Waals surface area contributed by atoms with E-state index in [1.165, 1.54) is 82.9 Å². The van der Waals surface area contributed by atoms with Crippen LogP contribution in [0.25, 0.3) is 71.6 Å². The molecule has 0 saturated heterocycles. The van der Waals surface area contributed by atoms with Crippen LogP contribution in [0.4, 0.5) is 11.4 Å². The first-order valence-corrected chi connectivity index (χ1v) is 20.0. The standard InChI is InChI=1S/C57H41N/c1-2-12-41(13-3-1)49-19-10-20-50(38-49)46-32-36-54(37-33-46)58(55-21-8-6-17-52(40-55)57-23-11-18-47-15-7-9-22-56(47)57)53-34-30-44(31-35-53)43-24-26-45(27-25-43)51-29-28-42-14-4-5-16-48(42)39-51/h1-20,22-40H,21H2. The molecule has 0 N–H and O–H groups in total. The van der Waals surface area contributed by atoms with Gasteiger partial charge in [-0.25, -0.2) is 0 Å². The highest BCUT2D eigenvalue weighted by Gasteiger charge is 2.18. The summed E-state index contributed by atoms with van der Waals surface area (Å²) in [5.74, 6) is 0. The van der Waals surface area contributed by atoms with Gasteiger partial charge >= 0.3 is 0 Å². The maximum absolute atomic E-state index is 2.42. The summed E-state index contributed by atoms with van der Waals surface area (Å²) < 4.78 is 0. The summed E-state index contributed by atoms with van der Waals surface area (Å²) in [6.07, 6.45) is 9.89. The minimum Gasteiger partial charge on any atom is -0.314 e. The van der Waals surface area contributed by atoms with Crippen LogP contribution >= 0.6 is 0 Å². The molecule has 0 radical (unpaired) electrons. The van der Waals surface area contributed by atoms with Crippen LogP contribution in [0.1, 0.15) is 12.0 Å². The van der Waals surface area contributed by atoms with Crippen molar-refractivity contribution in [3.05, 3.63) is 248 Å². The van der Waals surface area contributed by atoms with Crippen molar-refractivity contribution in [3.63, 3.8) is 0 Å². The monoisotopic (exact) mass is 739 g/mol. The number of allylic oxidation sites excluding steroid dienone is 5. The van der Waals surface area contributed by atoms with Gasteiger partial charge in [0.1, 0.15) is 0 Å². The number of hydrogen-bond donors (Lipinski definition) is 0. The molecule has 0 spiro atoms. The molecule has 9 aromatic rings. The van der Waals surface area contributed by atoms with Crippen LogP contribution in [0.15, 0.2) is 242 Å². The minimum absolute atomic E-state index is 0.795. The van der Waals surface area contributed by atoms with Gasteiger partial charge < -0.3 is 4.90 Å². The second kappa shape index (κ2) is 15.6. The summed E-state index contributed by atoms with van der Waals surface area (Å²) in [5, 5.41) is 5.02. The van der Waals surface area contributed by atoms with Crippen LogP contribution in [0, 0.1) is 0 Å². The third kappa shape index (κ3) is 7.07. The highest BCUT2D eigenvalue weighted by molar-refractivity contribution is 5.97. The van der Waals surface area contributed by atoms with Gasteiger partial charge in [0, 0.05) is 23.5 Å². The molecule has 1 nitrogen and oxygen atoms in total. The Balaban J connectivity index is 1.01. The summed E-state index contributed by atoms with van der Waals surface area (Å²) in [7, 11) is 0. The van der Waals surface area contributed by atoms with Crippen molar-refractivity contribution in [2.75, 3.05) is 4.90 Å². The molecule has 0 aliphatic heterocycles. The second-order valence-electron chi connectivity index (χ2n) is 14.9. The molecule has 58 heavy (non-hydrogen) atoms. The summed E-state index contributed by atoms with van der Waals surface area (Å²) in [6.45, 7) is 0. The maximum Gasteiger partial charge on any atom is 0.0458 e.